The van der Waals surface area contributed by atoms with Crippen molar-refractivity contribution in [3.63, 3.8) is 0 Å². The Kier molecular flexibility index (Phi) is 5.97. The van der Waals surface area contributed by atoms with Gasteiger partial charge in [0.25, 0.3) is 0 Å². The minimum atomic E-state index is -0.444. The van der Waals surface area contributed by atoms with Crippen molar-refractivity contribution in [2.45, 2.75) is 19.8 Å². The fourth-order valence-corrected chi connectivity index (χ4v) is 2.09. The van der Waals surface area contributed by atoms with Crippen molar-refractivity contribution < 1.29 is 23.4 Å². The lowest BCUT2D eigenvalue weighted by Crippen LogP contribution is -2.10. The highest BCUT2D eigenvalue weighted by Gasteiger charge is 2.11. The van der Waals surface area contributed by atoms with E-state index in [2.05, 4.69) is 0 Å². The summed E-state index contributed by atoms with van der Waals surface area (Å²) in [5.74, 6) is 0.259. The van der Waals surface area contributed by atoms with E-state index in [9.17, 15) is 9.18 Å². The zero-order valence-corrected chi connectivity index (χ0v) is 13.2. The van der Waals surface area contributed by atoms with Crippen LogP contribution in [0.5, 0.6) is 17.2 Å². The van der Waals surface area contributed by atoms with Crippen LogP contribution in [0.25, 0.3) is 0 Å². The van der Waals surface area contributed by atoms with E-state index in [0.29, 0.717) is 30.1 Å². The van der Waals surface area contributed by atoms with Crippen molar-refractivity contribution in [3.8, 4) is 17.2 Å². The molecule has 0 bridgehead atoms. The molecule has 0 spiro atoms. The van der Waals surface area contributed by atoms with Crippen LogP contribution in [0.2, 0.25) is 0 Å². The number of carbonyl (C=O) groups excluding carboxylic acids is 1. The van der Waals surface area contributed by atoms with Gasteiger partial charge in [-0.05, 0) is 43.2 Å². The summed E-state index contributed by atoms with van der Waals surface area (Å²) >= 11 is 0. The maximum atomic E-state index is 13.6. The molecule has 0 heterocycles. The first kappa shape index (κ1) is 16.8. The van der Waals surface area contributed by atoms with Crippen LogP contribution in [0.3, 0.4) is 0 Å². The van der Waals surface area contributed by atoms with E-state index in [4.69, 9.17) is 14.2 Å². The van der Waals surface area contributed by atoms with Crippen LogP contribution >= 0.6 is 0 Å². The van der Waals surface area contributed by atoms with E-state index >= 15 is 0 Å². The summed E-state index contributed by atoms with van der Waals surface area (Å²) in [6.07, 6.45) is 0.531. The quantitative estimate of drug-likeness (QED) is 0.576. The molecule has 2 aromatic carbocycles. The molecule has 0 amide bonds. The first-order valence-electron chi connectivity index (χ1n) is 7.39. The van der Waals surface area contributed by atoms with Crippen molar-refractivity contribution in [1.82, 2.24) is 0 Å². The van der Waals surface area contributed by atoms with Crippen LogP contribution in [0.15, 0.2) is 42.5 Å². The molecule has 0 saturated heterocycles. The van der Waals surface area contributed by atoms with Crippen molar-refractivity contribution in [2.24, 2.45) is 0 Å². The molecule has 0 unspecified atom stereocenters. The third-order valence-electron chi connectivity index (χ3n) is 3.21. The van der Waals surface area contributed by atoms with Gasteiger partial charge in [0.2, 0.25) is 0 Å². The SMILES string of the molecule is CCOc1ccccc1OC(=O)CCc1ccc(OC)c(F)c1. The molecule has 0 aliphatic carbocycles. The first-order valence-corrected chi connectivity index (χ1v) is 7.39. The summed E-state index contributed by atoms with van der Waals surface area (Å²) in [5.41, 5.74) is 0.707. The largest absolute Gasteiger partial charge is 0.494 e. The highest BCUT2D eigenvalue weighted by Crippen LogP contribution is 2.27. The first-order chi connectivity index (χ1) is 11.1. The Labute approximate surface area is 134 Å². The number of halogens is 1. The molecule has 23 heavy (non-hydrogen) atoms. The van der Waals surface area contributed by atoms with Crippen LogP contribution in [-0.2, 0) is 11.2 Å². The van der Waals surface area contributed by atoms with E-state index in [0.717, 1.165) is 0 Å². The standard InChI is InChI=1S/C18H19FO4/c1-3-22-16-6-4-5-7-17(16)23-18(20)11-9-13-8-10-15(21-2)14(19)12-13/h4-8,10,12H,3,9,11H2,1-2H3. The number of hydrogen-bond donors (Lipinski definition) is 0. The van der Waals surface area contributed by atoms with Crippen LogP contribution < -0.4 is 14.2 Å². The average Bonchev–Trinajstić information content (AvgIpc) is 2.55. The summed E-state index contributed by atoms with van der Waals surface area (Å²) in [6.45, 7) is 2.34. The van der Waals surface area contributed by atoms with Gasteiger partial charge in [0.05, 0.1) is 13.7 Å². The Hall–Kier alpha value is -2.56. The zero-order chi connectivity index (χ0) is 16.7. The van der Waals surface area contributed by atoms with Gasteiger partial charge >= 0.3 is 5.97 Å². The van der Waals surface area contributed by atoms with Gasteiger partial charge in [0.15, 0.2) is 23.1 Å². The Bertz CT molecular complexity index is 670. The lowest BCUT2D eigenvalue weighted by molar-refractivity contribution is -0.134. The number of methoxy groups -OCH3 is 1. The molecule has 0 aliphatic rings. The predicted octanol–water partition coefficient (Wildman–Crippen LogP) is 3.77. The minimum Gasteiger partial charge on any atom is -0.494 e. The maximum Gasteiger partial charge on any atom is 0.311 e. The molecule has 0 atom stereocenters. The number of benzene rings is 2. The molecule has 0 aliphatic heterocycles. The van der Waals surface area contributed by atoms with Crippen LogP contribution in [-0.4, -0.2) is 19.7 Å². The molecule has 0 radical (unpaired) electrons. The van der Waals surface area contributed by atoms with Crippen molar-refractivity contribution in [2.75, 3.05) is 13.7 Å². The Morgan fingerprint density at radius 2 is 1.83 bits per heavy atom. The van der Waals surface area contributed by atoms with Crippen molar-refractivity contribution in [1.29, 1.82) is 0 Å². The van der Waals surface area contributed by atoms with Gasteiger partial charge in [-0.25, -0.2) is 4.39 Å². The monoisotopic (exact) mass is 318 g/mol. The van der Waals surface area contributed by atoms with E-state index in [1.165, 1.54) is 13.2 Å². The average molecular weight is 318 g/mol. The molecular weight excluding hydrogens is 299 g/mol. The van der Waals surface area contributed by atoms with E-state index in [1.807, 2.05) is 13.0 Å². The highest BCUT2D eigenvalue weighted by molar-refractivity contribution is 5.73. The second kappa shape index (κ2) is 8.17. The van der Waals surface area contributed by atoms with E-state index in [-0.39, 0.29) is 12.2 Å². The summed E-state index contributed by atoms with van der Waals surface area (Å²) in [7, 11) is 1.41. The number of esters is 1. The van der Waals surface area contributed by atoms with Crippen LogP contribution in [0.1, 0.15) is 18.9 Å². The molecule has 4 nitrogen and oxygen atoms in total. The summed E-state index contributed by atoms with van der Waals surface area (Å²) in [5, 5.41) is 0. The Balaban J connectivity index is 1.94. The van der Waals surface area contributed by atoms with Gasteiger partial charge in [0.1, 0.15) is 0 Å². The maximum absolute atomic E-state index is 13.6. The van der Waals surface area contributed by atoms with Crippen LogP contribution in [0, 0.1) is 5.82 Å². The van der Waals surface area contributed by atoms with Crippen molar-refractivity contribution >= 4 is 5.97 Å². The second-order valence-electron chi connectivity index (χ2n) is 4.82. The molecule has 5 heteroatoms. The van der Waals surface area contributed by atoms with Crippen molar-refractivity contribution in [3.05, 3.63) is 53.8 Å². The lowest BCUT2D eigenvalue weighted by atomic mass is 10.1. The van der Waals surface area contributed by atoms with Gasteiger partial charge in [-0.1, -0.05) is 18.2 Å². The molecule has 122 valence electrons. The van der Waals surface area contributed by atoms with Gasteiger partial charge < -0.3 is 14.2 Å². The molecule has 0 fully saturated rings. The number of rotatable bonds is 7. The number of hydrogen-bond acceptors (Lipinski definition) is 4. The number of carbonyl (C=O) groups is 1. The summed E-state index contributed by atoms with van der Waals surface area (Å²) in [6, 6.07) is 11.6. The van der Waals surface area contributed by atoms with Gasteiger partial charge in [-0.2, -0.15) is 0 Å². The third-order valence-corrected chi connectivity index (χ3v) is 3.21. The molecule has 0 saturated carbocycles. The molecule has 2 aromatic rings. The fraction of sp³-hybridized carbons (Fsp3) is 0.278. The summed E-state index contributed by atoms with van der Waals surface area (Å²) < 4.78 is 29.2. The zero-order valence-electron chi connectivity index (χ0n) is 13.2. The highest BCUT2D eigenvalue weighted by atomic mass is 19.1. The lowest BCUT2D eigenvalue weighted by Gasteiger charge is -2.10. The molecular formula is C18H19FO4. The molecule has 2 rings (SSSR count). The number of ether oxygens (including phenoxy) is 3. The van der Waals surface area contributed by atoms with E-state index < -0.39 is 11.8 Å². The fourth-order valence-electron chi connectivity index (χ4n) is 2.09. The second-order valence-corrected chi connectivity index (χ2v) is 4.82. The summed E-state index contributed by atoms with van der Waals surface area (Å²) in [4.78, 5) is 12.0. The van der Waals surface area contributed by atoms with Gasteiger partial charge in [0, 0.05) is 6.42 Å². The van der Waals surface area contributed by atoms with Gasteiger partial charge in [-0.15, -0.1) is 0 Å². The van der Waals surface area contributed by atoms with Gasteiger partial charge in [-0.3, -0.25) is 4.79 Å². The number of aryl methyl sites for hydroxylation is 1. The van der Waals surface area contributed by atoms with E-state index in [1.54, 1.807) is 30.3 Å². The van der Waals surface area contributed by atoms with Crippen LogP contribution in [0.4, 0.5) is 4.39 Å². The normalized spacial score (nSPS) is 10.2. The third kappa shape index (κ3) is 4.71. The Morgan fingerprint density at radius 1 is 1.09 bits per heavy atom. The minimum absolute atomic E-state index is 0.145. The number of para-hydroxylation sites is 2. The molecule has 0 aromatic heterocycles. The smallest absolute Gasteiger partial charge is 0.311 e. The molecule has 0 N–H and O–H groups in total. The Morgan fingerprint density at radius 3 is 2.48 bits per heavy atom. The topological polar surface area (TPSA) is 44.8 Å². The predicted molar refractivity (Wildman–Crippen MR) is 84.5 cm³/mol.